The highest BCUT2D eigenvalue weighted by atomic mass is 16.6. The second kappa shape index (κ2) is 3.90. The average molecular weight is 206 g/mol. The van der Waals surface area contributed by atoms with Gasteiger partial charge < -0.3 is 10.5 Å². The molecule has 0 bridgehead atoms. The Bertz CT molecular complexity index is 353. The molecule has 15 heavy (non-hydrogen) atoms. The predicted octanol–water partition coefficient (Wildman–Crippen LogP) is 1.36. The standard InChI is InChI=1S/C11H14N2O2/c1-8-10(7-12)15-11(14)13(8)9-5-3-2-4-6-9/h2-6,8,10H,7,12H2,1H3. The van der Waals surface area contributed by atoms with E-state index in [-0.39, 0.29) is 18.2 Å². The van der Waals surface area contributed by atoms with Crippen LogP contribution in [0.2, 0.25) is 0 Å². The molecule has 1 aromatic rings. The fourth-order valence-corrected chi connectivity index (χ4v) is 1.79. The Hall–Kier alpha value is -1.55. The lowest BCUT2D eigenvalue weighted by atomic mass is 10.1. The van der Waals surface area contributed by atoms with E-state index in [1.54, 1.807) is 4.90 Å². The monoisotopic (exact) mass is 206 g/mol. The minimum Gasteiger partial charge on any atom is -0.442 e. The van der Waals surface area contributed by atoms with Crippen LogP contribution in [0.1, 0.15) is 6.92 Å². The van der Waals surface area contributed by atoms with Crippen LogP contribution in [0.25, 0.3) is 0 Å². The molecule has 2 unspecified atom stereocenters. The number of nitrogens with two attached hydrogens (primary N) is 1. The van der Waals surface area contributed by atoms with Crippen molar-refractivity contribution in [1.29, 1.82) is 0 Å². The average Bonchev–Trinajstić information content (AvgIpc) is 2.55. The van der Waals surface area contributed by atoms with Crippen molar-refractivity contribution in [1.82, 2.24) is 0 Å². The van der Waals surface area contributed by atoms with E-state index in [1.165, 1.54) is 0 Å². The number of anilines is 1. The van der Waals surface area contributed by atoms with Crippen LogP contribution in [0.5, 0.6) is 0 Å². The van der Waals surface area contributed by atoms with Gasteiger partial charge in [-0.1, -0.05) is 18.2 Å². The number of para-hydroxylation sites is 1. The first kappa shape index (κ1) is 9.98. The largest absolute Gasteiger partial charge is 0.442 e. The predicted molar refractivity (Wildman–Crippen MR) is 57.7 cm³/mol. The molecule has 1 aromatic carbocycles. The second-order valence-electron chi connectivity index (χ2n) is 3.60. The molecule has 0 aromatic heterocycles. The quantitative estimate of drug-likeness (QED) is 0.794. The van der Waals surface area contributed by atoms with Crippen molar-refractivity contribution in [3.8, 4) is 0 Å². The summed E-state index contributed by atoms with van der Waals surface area (Å²) in [7, 11) is 0. The van der Waals surface area contributed by atoms with E-state index in [1.807, 2.05) is 37.3 Å². The maximum Gasteiger partial charge on any atom is 0.415 e. The van der Waals surface area contributed by atoms with Crippen LogP contribution in [-0.2, 0) is 4.74 Å². The maximum absolute atomic E-state index is 11.6. The molecule has 1 heterocycles. The molecule has 2 N–H and O–H groups in total. The van der Waals surface area contributed by atoms with E-state index in [2.05, 4.69) is 0 Å². The summed E-state index contributed by atoms with van der Waals surface area (Å²) in [4.78, 5) is 13.2. The van der Waals surface area contributed by atoms with Crippen LogP contribution in [0, 0.1) is 0 Å². The molecule has 1 saturated heterocycles. The van der Waals surface area contributed by atoms with Gasteiger partial charge in [-0.2, -0.15) is 0 Å². The zero-order valence-corrected chi connectivity index (χ0v) is 8.59. The van der Waals surface area contributed by atoms with E-state index in [0.717, 1.165) is 5.69 Å². The lowest BCUT2D eigenvalue weighted by Crippen LogP contribution is -2.37. The Morgan fingerprint density at radius 1 is 1.40 bits per heavy atom. The topological polar surface area (TPSA) is 55.6 Å². The third-order valence-electron chi connectivity index (χ3n) is 2.66. The molecule has 1 amide bonds. The van der Waals surface area contributed by atoms with Gasteiger partial charge in [-0.3, -0.25) is 4.90 Å². The smallest absolute Gasteiger partial charge is 0.415 e. The summed E-state index contributed by atoms with van der Waals surface area (Å²) in [6.45, 7) is 2.30. The zero-order valence-electron chi connectivity index (χ0n) is 8.59. The van der Waals surface area contributed by atoms with Crippen molar-refractivity contribution >= 4 is 11.8 Å². The fourth-order valence-electron chi connectivity index (χ4n) is 1.79. The molecular formula is C11H14N2O2. The summed E-state index contributed by atoms with van der Waals surface area (Å²) in [5, 5.41) is 0. The number of carbonyl (C=O) groups is 1. The Morgan fingerprint density at radius 3 is 2.60 bits per heavy atom. The molecule has 1 aliphatic rings. The summed E-state index contributed by atoms with van der Waals surface area (Å²) in [6.07, 6.45) is -0.526. The number of nitrogens with zero attached hydrogens (tertiary/aromatic N) is 1. The van der Waals surface area contributed by atoms with Gasteiger partial charge in [-0.15, -0.1) is 0 Å². The number of hydrogen-bond donors (Lipinski definition) is 1. The highest BCUT2D eigenvalue weighted by Crippen LogP contribution is 2.25. The van der Waals surface area contributed by atoms with Crippen molar-refractivity contribution < 1.29 is 9.53 Å². The number of cyclic esters (lactones) is 1. The van der Waals surface area contributed by atoms with Gasteiger partial charge in [-0.25, -0.2) is 4.79 Å². The molecule has 1 fully saturated rings. The molecule has 0 aliphatic carbocycles. The van der Waals surface area contributed by atoms with Crippen molar-refractivity contribution in [3.05, 3.63) is 30.3 Å². The molecule has 4 heteroatoms. The van der Waals surface area contributed by atoms with Crippen LogP contribution in [0.15, 0.2) is 30.3 Å². The summed E-state index contributed by atoms with van der Waals surface area (Å²) in [6, 6.07) is 9.46. The Labute approximate surface area is 88.6 Å². The summed E-state index contributed by atoms with van der Waals surface area (Å²) in [5.74, 6) is 0. The number of amides is 1. The highest BCUT2D eigenvalue weighted by Gasteiger charge is 2.38. The van der Waals surface area contributed by atoms with Gasteiger partial charge in [0.15, 0.2) is 0 Å². The van der Waals surface area contributed by atoms with E-state index in [9.17, 15) is 4.79 Å². The normalized spacial score (nSPS) is 25.5. The minimum atomic E-state index is -0.316. The first-order valence-electron chi connectivity index (χ1n) is 4.99. The summed E-state index contributed by atoms with van der Waals surface area (Å²) < 4.78 is 5.15. The van der Waals surface area contributed by atoms with Crippen LogP contribution in [0.3, 0.4) is 0 Å². The number of carbonyl (C=O) groups excluding carboxylic acids is 1. The first-order chi connectivity index (χ1) is 7.24. The molecular weight excluding hydrogens is 192 g/mol. The van der Waals surface area contributed by atoms with Crippen LogP contribution >= 0.6 is 0 Å². The summed E-state index contributed by atoms with van der Waals surface area (Å²) in [5.41, 5.74) is 6.38. The molecule has 4 nitrogen and oxygen atoms in total. The molecule has 2 rings (SSSR count). The molecule has 1 aliphatic heterocycles. The van der Waals surface area contributed by atoms with Crippen LogP contribution in [-0.4, -0.2) is 24.8 Å². The van der Waals surface area contributed by atoms with Crippen LogP contribution in [0.4, 0.5) is 10.5 Å². The molecule has 80 valence electrons. The van der Waals surface area contributed by atoms with Crippen molar-refractivity contribution in [3.63, 3.8) is 0 Å². The van der Waals surface area contributed by atoms with Gasteiger partial charge in [0.25, 0.3) is 0 Å². The SMILES string of the molecule is CC1C(CN)OC(=O)N1c1ccccc1. The Morgan fingerprint density at radius 2 is 2.07 bits per heavy atom. The second-order valence-corrected chi connectivity index (χ2v) is 3.60. The molecule has 0 saturated carbocycles. The fraction of sp³-hybridized carbons (Fsp3) is 0.364. The summed E-state index contributed by atoms with van der Waals surface area (Å²) >= 11 is 0. The molecule has 0 spiro atoms. The highest BCUT2D eigenvalue weighted by molar-refractivity contribution is 5.90. The number of benzene rings is 1. The van der Waals surface area contributed by atoms with E-state index in [4.69, 9.17) is 10.5 Å². The number of ether oxygens (including phenoxy) is 1. The lowest BCUT2D eigenvalue weighted by Gasteiger charge is -2.19. The van der Waals surface area contributed by atoms with Gasteiger partial charge in [0.2, 0.25) is 0 Å². The number of hydrogen-bond acceptors (Lipinski definition) is 3. The molecule has 0 radical (unpaired) electrons. The van der Waals surface area contributed by atoms with E-state index >= 15 is 0 Å². The zero-order chi connectivity index (χ0) is 10.8. The first-order valence-corrected chi connectivity index (χ1v) is 4.99. The minimum absolute atomic E-state index is 0.00935. The number of rotatable bonds is 2. The maximum atomic E-state index is 11.6. The Balaban J connectivity index is 2.27. The van der Waals surface area contributed by atoms with Crippen molar-refractivity contribution in [2.45, 2.75) is 19.1 Å². The Kier molecular flexibility index (Phi) is 2.60. The van der Waals surface area contributed by atoms with E-state index in [0.29, 0.717) is 6.54 Å². The third-order valence-corrected chi connectivity index (χ3v) is 2.66. The molecule has 2 atom stereocenters. The van der Waals surface area contributed by atoms with Gasteiger partial charge in [0, 0.05) is 12.2 Å². The van der Waals surface area contributed by atoms with E-state index < -0.39 is 0 Å². The third kappa shape index (κ3) is 1.68. The van der Waals surface area contributed by atoms with Gasteiger partial charge in [0.05, 0.1) is 6.04 Å². The van der Waals surface area contributed by atoms with Gasteiger partial charge in [-0.05, 0) is 19.1 Å². The van der Waals surface area contributed by atoms with Gasteiger partial charge in [0.1, 0.15) is 6.10 Å². The van der Waals surface area contributed by atoms with Crippen molar-refractivity contribution in [2.75, 3.05) is 11.4 Å². The van der Waals surface area contributed by atoms with Crippen LogP contribution < -0.4 is 10.6 Å². The van der Waals surface area contributed by atoms with Gasteiger partial charge >= 0.3 is 6.09 Å². The van der Waals surface area contributed by atoms with Crippen molar-refractivity contribution in [2.24, 2.45) is 5.73 Å². The lowest BCUT2D eigenvalue weighted by molar-refractivity contribution is 0.137.